The summed E-state index contributed by atoms with van der Waals surface area (Å²) in [6.07, 6.45) is 0.870. The van der Waals surface area contributed by atoms with E-state index in [0.717, 1.165) is 22.8 Å². The van der Waals surface area contributed by atoms with Crippen LogP contribution in [-0.4, -0.2) is 16.8 Å². The Kier molecular flexibility index (Phi) is 4.10. The molecule has 18 heavy (non-hydrogen) atoms. The number of likely N-dealkylation sites (N-methyl/N-ethyl adjacent to an activating group) is 1. The summed E-state index contributed by atoms with van der Waals surface area (Å²) in [6, 6.07) is 4.63. The first-order chi connectivity index (χ1) is 8.52. The molecular formula is C13H18ClN3S. The molecule has 0 aliphatic carbocycles. The highest BCUT2D eigenvalue weighted by atomic mass is 35.5. The average molecular weight is 284 g/mol. The lowest BCUT2D eigenvalue weighted by atomic mass is 10.1. The molecule has 1 N–H and O–H groups in total. The first-order valence-corrected chi connectivity index (χ1v) is 7.14. The molecule has 3 nitrogen and oxygen atoms in total. The van der Waals surface area contributed by atoms with Gasteiger partial charge < -0.3 is 5.32 Å². The zero-order chi connectivity index (χ0) is 13.3. The maximum Gasteiger partial charge on any atom is 0.130 e. The van der Waals surface area contributed by atoms with E-state index >= 15 is 0 Å². The molecule has 0 aliphatic heterocycles. The second-order valence-corrected chi connectivity index (χ2v) is 6.15. The van der Waals surface area contributed by atoms with Crippen LogP contribution in [0.1, 0.15) is 27.1 Å². The molecule has 0 saturated carbocycles. The van der Waals surface area contributed by atoms with Crippen LogP contribution in [0.3, 0.4) is 0 Å². The van der Waals surface area contributed by atoms with Crippen molar-refractivity contribution in [2.45, 2.75) is 26.3 Å². The third kappa shape index (κ3) is 2.60. The lowest BCUT2D eigenvalue weighted by Crippen LogP contribution is -2.18. The summed E-state index contributed by atoms with van der Waals surface area (Å²) in [6.45, 7) is 4.14. The molecular weight excluding hydrogens is 266 g/mol. The van der Waals surface area contributed by atoms with Gasteiger partial charge in [-0.1, -0.05) is 11.6 Å². The van der Waals surface area contributed by atoms with Gasteiger partial charge in [0.15, 0.2) is 0 Å². The van der Waals surface area contributed by atoms with Crippen LogP contribution in [0.2, 0.25) is 5.15 Å². The van der Waals surface area contributed by atoms with Crippen molar-refractivity contribution in [2.75, 3.05) is 7.05 Å². The predicted octanol–water partition coefficient (Wildman–Crippen LogP) is 3.26. The number of thiophene rings is 1. The molecule has 0 radical (unpaired) electrons. The maximum atomic E-state index is 6.28. The van der Waals surface area contributed by atoms with Gasteiger partial charge in [-0.15, -0.1) is 11.3 Å². The van der Waals surface area contributed by atoms with Crippen molar-refractivity contribution in [1.29, 1.82) is 0 Å². The monoisotopic (exact) mass is 283 g/mol. The second-order valence-electron chi connectivity index (χ2n) is 4.47. The van der Waals surface area contributed by atoms with E-state index in [1.807, 2.05) is 32.4 Å². The lowest BCUT2D eigenvalue weighted by Gasteiger charge is -2.14. The van der Waals surface area contributed by atoms with Crippen molar-refractivity contribution in [3.8, 4) is 0 Å². The van der Waals surface area contributed by atoms with Gasteiger partial charge in [0.2, 0.25) is 0 Å². The number of nitrogens with zero attached hydrogens (tertiary/aromatic N) is 2. The quantitative estimate of drug-likeness (QED) is 0.933. The van der Waals surface area contributed by atoms with Crippen LogP contribution >= 0.6 is 22.9 Å². The van der Waals surface area contributed by atoms with E-state index in [2.05, 4.69) is 29.5 Å². The molecule has 1 atom stereocenters. The Morgan fingerprint density at radius 2 is 2.17 bits per heavy atom. The van der Waals surface area contributed by atoms with Crippen molar-refractivity contribution in [1.82, 2.24) is 15.1 Å². The molecule has 0 aromatic carbocycles. The van der Waals surface area contributed by atoms with Gasteiger partial charge in [-0.25, -0.2) is 0 Å². The first kappa shape index (κ1) is 13.6. The predicted molar refractivity (Wildman–Crippen MR) is 77.5 cm³/mol. The maximum absolute atomic E-state index is 6.28. The Labute approximate surface area is 117 Å². The summed E-state index contributed by atoms with van der Waals surface area (Å²) in [5, 5.41) is 8.45. The summed E-state index contributed by atoms with van der Waals surface area (Å²) in [4.78, 5) is 2.67. The molecule has 1 unspecified atom stereocenters. The largest absolute Gasteiger partial charge is 0.312 e. The van der Waals surface area contributed by atoms with E-state index in [-0.39, 0.29) is 0 Å². The first-order valence-electron chi connectivity index (χ1n) is 5.94. The van der Waals surface area contributed by atoms with Crippen LogP contribution in [0.15, 0.2) is 12.1 Å². The lowest BCUT2D eigenvalue weighted by molar-refractivity contribution is 0.600. The molecule has 0 saturated heterocycles. The topological polar surface area (TPSA) is 29.9 Å². The summed E-state index contributed by atoms with van der Waals surface area (Å²) in [5.41, 5.74) is 2.14. The number of halogens is 1. The van der Waals surface area contributed by atoms with E-state index in [0.29, 0.717) is 6.04 Å². The minimum Gasteiger partial charge on any atom is -0.312 e. The molecule has 2 aromatic heterocycles. The highest BCUT2D eigenvalue weighted by molar-refractivity contribution is 7.12. The van der Waals surface area contributed by atoms with Gasteiger partial charge in [0.1, 0.15) is 5.15 Å². The molecule has 0 aliphatic rings. The summed E-state index contributed by atoms with van der Waals surface area (Å²) in [5.74, 6) is 0. The SMILES string of the molecule is CNC(Cc1c(C)nn(C)c1Cl)c1ccc(C)s1. The van der Waals surface area contributed by atoms with Gasteiger partial charge in [-0.3, -0.25) is 4.68 Å². The zero-order valence-corrected chi connectivity index (χ0v) is 12.7. The summed E-state index contributed by atoms with van der Waals surface area (Å²) < 4.78 is 1.73. The van der Waals surface area contributed by atoms with Crippen LogP contribution < -0.4 is 5.32 Å². The molecule has 0 amide bonds. The Morgan fingerprint density at radius 3 is 2.61 bits per heavy atom. The minimum atomic E-state index is 0.295. The summed E-state index contributed by atoms with van der Waals surface area (Å²) in [7, 11) is 3.86. The van der Waals surface area contributed by atoms with E-state index in [9.17, 15) is 0 Å². The Bertz CT molecular complexity index is 544. The molecule has 98 valence electrons. The molecule has 2 rings (SSSR count). The van der Waals surface area contributed by atoms with Crippen molar-refractivity contribution in [3.63, 3.8) is 0 Å². The number of rotatable bonds is 4. The van der Waals surface area contributed by atoms with Gasteiger partial charge in [-0.05, 0) is 39.4 Å². The number of nitrogens with one attached hydrogen (secondary N) is 1. The van der Waals surface area contributed by atoms with Crippen LogP contribution in [-0.2, 0) is 13.5 Å². The third-order valence-electron chi connectivity index (χ3n) is 3.13. The molecule has 0 spiro atoms. The summed E-state index contributed by atoms with van der Waals surface area (Å²) >= 11 is 8.11. The Morgan fingerprint density at radius 1 is 1.44 bits per heavy atom. The number of aromatic nitrogens is 2. The van der Waals surface area contributed by atoms with Gasteiger partial charge in [-0.2, -0.15) is 5.10 Å². The van der Waals surface area contributed by atoms with E-state index in [4.69, 9.17) is 11.6 Å². The number of hydrogen-bond donors (Lipinski definition) is 1. The Hall–Kier alpha value is -0.840. The van der Waals surface area contributed by atoms with E-state index < -0.39 is 0 Å². The Balaban J connectivity index is 2.25. The standard InChI is InChI=1S/C13H18ClN3S/c1-8-5-6-12(18-8)11(15-3)7-10-9(2)16-17(4)13(10)14/h5-6,11,15H,7H2,1-4H3. The molecule has 0 fully saturated rings. The number of hydrogen-bond acceptors (Lipinski definition) is 3. The van der Waals surface area contributed by atoms with Gasteiger partial charge in [0.25, 0.3) is 0 Å². The normalized spacial score (nSPS) is 12.9. The van der Waals surface area contributed by atoms with E-state index in [1.54, 1.807) is 4.68 Å². The third-order valence-corrected chi connectivity index (χ3v) is 4.72. The minimum absolute atomic E-state index is 0.295. The van der Waals surface area contributed by atoms with Gasteiger partial charge in [0, 0.05) is 28.4 Å². The average Bonchev–Trinajstić information content (AvgIpc) is 2.84. The molecule has 2 heterocycles. The fourth-order valence-electron chi connectivity index (χ4n) is 2.10. The highest BCUT2D eigenvalue weighted by Gasteiger charge is 2.18. The van der Waals surface area contributed by atoms with Crippen molar-refractivity contribution in [2.24, 2.45) is 7.05 Å². The fourth-order valence-corrected chi connectivity index (χ4v) is 3.33. The number of aryl methyl sites for hydroxylation is 3. The van der Waals surface area contributed by atoms with E-state index in [1.165, 1.54) is 9.75 Å². The van der Waals surface area contributed by atoms with Crippen LogP contribution in [0, 0.1) is 13.8 Å². The van der Waals surface area contributed by atoms with Crippen LogP contribution in [0.25, 0.3) is 0 Å². The molecule has 5 heteroatoms. The van der Waals surface area contributed by atoms with Crippen molar-refractivity contribution < 1.29 is 0 Å². The molecule has 2 aromatic rings. The smallest absolute Gasteiger partial charge is 0.130 e. The second kappa shape index (κ2) is 5.43. The van der Waals surface area contributed by atoms with Gasteiger partial charge >= 0.3 is 0 Å². The highest BCUT2D eigenvalue weighted by Crippen LogP contribution is 2.29. The fraction of sp³-hybridized carbons (Fsp3) is 0.462. The molecule has 0 bridgehead atoms. The van der Waals surface area contributed by atoms with Crippen LogP contribution in [0.5, 0.6) is 0 Å². The van der Waals surface area contributed by atoms with Crippen LogP contribution in [0.4, 0.5) is 0 Å². The zero-order valence-electron chi connectivity index (χ0n) is 11.1. The van der Waals surface area contributed by atoms with Gasteiger partial charge in [0.05, 0.1) is 5.69 Å². The van der Waals surface area contributed by atoms with Crippen molar-refractivity contribution in [3.05, 3.63) is 38.3 Å². The van der Waals surface area contributed by atoms with Crippen molar-refractivity contribution >= 4 is 22.9 Å².